The van der Waals surface area contributed by atoms with Crippen molar-refractivity contribution in [1.29, 1.82) is 0 Å². The van der Waals surface area contributed by atoms with Gasteiger partial charge in [-0.1, -0.05) is 54.6 Å². The number of fused-ring (bicyclic) bond motifs is 2. The van der Waals surface area contributed by atoms with Crippen molar-refractivity contribution in [2.24, 2.45) is 0 Å². The van der Waals surface area contributed by atoms with Crippen LogP contribution in [0.1, 0.15) is 45.6 Å². The number of carbonyl (C=O) groups excluding carboxylic acids is 1. The fourth-order valence-corrected chi connectivity index (χ4v) is 4.19. The molecule has 2 aromatic carbocycles. The monoisotopic (exact) mass is 381 g/mol. The molecule has 2 atom stereocenters. The van der Waals surface area contributed by atoms with Crippen molar-refractivity contribution in [3.8, 4) is 5.75 Å². The molecule has 5 heteroatoms. The lowest BCUT2D eigenvalue weighted by Crippen LogP contribution is -2.28. The Balaban J connectivity index is 1.47. The first kappa shape index (κ1) is 17.4. The van der Waals surface area contributed by atoms with Gasteiger partial charge in [-0.25, -0.2) is 4.98 Å². The first-order valence-electron chi connectivity index (χ1n) is 9.59. The highest BCUT2D eigenvalue weighted by Crippen LogP contribution is 2.44. The van der Waals surface area contributed by atoms with Crippen molar-refractivity contribution in [2.75, 3.05) is 0 Å². The summed E-state index contributed by atoms with van der Waals surface area (Å²) in [6, 6.07) is 21.9. The van der Waals surface area contributed by atoms with E-state index in [2.05, 4.69) is 39.6 Å². The van der Waals surface area contributed by atoms with Crippen LogP contribution in [0.25, 0.3) is 10.9 Å². The number of benzene rings is 2. The SMILES string of the molecule is O=C(N[C@@H]1C[C@H](c2ccccc2)c2ccccc21)c1ncc2cccnc2c1O. The quantitative estimate of drug-likeness (QED) is 0.553. The summed E-state index contributed by atoms with van der Waals surface area (Å²) in [5.74, 6) is -0.368. The van der Waals surface area contributed by atoms with Gasteiger partial charge in [0.2, 0.25) is 0 Å². The summed E-state index contributed by atoms with van der Waals surface area (Å²) >= 11 is 0. The molecule has 0 saturated heterocycles. The lowest BCUT2D eigenvalue weighted by Gasteiger charge is -2.15. The normalized spacial score (nSPS) is 17.8. The maximum Gasteiger partial charge on any atom is 0.274 e. The third-order valence-corrected chi connectivity index (χ3v) is 5.56. The first-order valence-corrected chi connectivity index (χ1v) is 9.59. The number of pyridine rings is 2. The minimum atomic E-state index is -0.399. The fourth-order valence-electron chi connectivity index (χ4n) is 4.19. The molecule has 0 radical (unpaired) electrons. The molecule has 1 aliphatic carbocycles. The summed E-state index contributed by atoms with van der Waals surface area (Å²) in [5, 5.41) is 14.3. The summed E-state index contributed by atoms with van der Waals surface area (Å²) in [7, 11) is 0. The van der Waals surface area contributed by atoms with Gasteiger partial charge in [0.05, 0.1) is 6.04 Å². The fraction of sp³-hybridized carbons (Fsp3) is 0.125. The predicted molar refractivity (Wildman–Crippen MR) is 111 cm³/mol. The van der Waals surface area contributed by atoms with Gasteiger partial charge in [-0.05, 0) is 35.2 Å². The summed E-state index contributed by atoms with van der Waals surface area (Å²) in [5.41, 5.74) is 3.93. The van der Waals surface area contributed by atoms with Gasteiger partial charge in [0, 0.05) is 23.7 Å². The summed E-state index contributed by atoms with van der Waals surface area (Å²) in [6.07, 6.45) is 3.91. The van der Waals surface area contributed by atoms with E-state index in [1.807, 2.05) is 30.3 Å². The van der Waals surface area contributed by atoms with Crippen LogP contribution in [0.5, 0.6) is 5.75 Å². The Morgan fingerprint density at radius 1 is 0.931 bits per heavy atom. The second-order valence-corrected chi connectivity index (χ2v) is 7.25. The van der Waals surface area contributed by atoms with Crippen LogP contribution in [0.3, 0.4) is 0 Å². The van der Waals surface area contributed by atoms with Crippen LogP contribution in [0.2, 0.25) is 0 Å². The Labute approximate surface area is 168 Å². The predicted octanol–water partition coefficient (Wildman–Crippen LogP) is 4.34. The van der Waals surface area contributed by atoms with Crippen molar-refractivity contribution in [3.63, 3.8) is 0 Å². The van der Waals surface area contributed by atoms with E-state index in [1.54, 1.807) is 24.5 Å². The minimum Gasteiger partial charge on any atom is -0.504 e. The minimum absolute atomic E-state index is 0.00292. The zero-order chi connectivity index (χ0) is 19.8. The van der Waals surface area contributed by atoms with Crippen LogP contribution in [-0.2, 0) is 0 Å². The van der Waals surface area contributed by atoms with Gasteiger partial charge in [-0.2, -0.15) is 0 Å². The number of aromatic nitrogens is 2. The van der Waals surface area contributed by atoms with Gasteiger partial charge < -0.3 is 10.4 Å². The summed E-state index contributed by atoms with van der Waals surface area (Å²) in [4.78, 5) is 21.3. The molecule has 0 bridgehead atoms. The van der Waals surface area contributed by atoms with E-state index in [-0.39, 0.29) is 23.4 Å². The summed E-state index contributed by atoms with van der Waals surface area (Å²) < 4.78 is 0. The molecule has 2 N–H and O–H groups in total. The van der Waals surface area contributed by atoms with Gasteiger partial charge in [0.1, 0.15) is 5.52 Å². The molecule has 5 rings (SSSR count). The maximum atomic E-state index is 13.0. The molecule has 2 heterocycles. The smallest absolute Gasteiger partial charge is 0.274 e. The van der Waals surface area contributed by atoms with Crippen LogP contribution in [0.15, 0.2) is 79.1 Å². The highest BCUT2D eigenvalue weighted by Gasteiger charge is 2.33. The number of aromatic hydroxyl groups is 1. The van der Waals surface area contributed by atoms with E-state index >= 15 is 0 Å². The van der Waals surface area contributed by atoms with Crippen LogP contribution < -0.4 is 5.32 Å². The molecule has 0 spiro atoms. The maximum absolute atomic E-state index is 13.0. The molecule has 1 amide bonds. The van der Waals surface area contributed by atoms with Crippen LogP contribution in [-0.4, -0.2) is 21.0 Å². The van der Waals surface area contributed by atoms with E-state index < -0.39 is 5.91 Å². The van der Waals surface area contributed by atoms with E-state index in [9.17, 15) is 9.90 Å². The van der Waals surface area contributed by atoms with Crippen molar-refractivity contribution in [1.82, 2.24) is 15.3 Å². The first-order chi connectivity index (χ1) is 14.2. The van der Waals surface area contributed by atoms with Crippen molar-refractivity contribution in [3.05, 3.63) is 102 Å². The van der Waals surface area contributed by atoms with E-state index in [1.165, 1.54) is 11.1 Å². The number of nitrogens with zero attached hydrogens (tertiary/aromatic N) is 2. The number of nitrogens with one attached hydrogen (secondary N) is 1. The standard InChI is InChI=1S/C24H19N3O2/c28-23-21-16(9-6-12-25-21)14-26-22(23)24(29)27-20-13-19(15-7-2-1-3-8-15)17-10-4-5-11-18(17)20/h1-12,14,19-20,28H,13H2,(H,27,29)/t19-,20-/m1/s1. The van der Waals surface area contributed by atoms with E-state index in [0.29, 0.717) is 10.9 Å². The topological polar surface area (TPSA) is 75.1 Å². The largest absolute Gasteiger partial charge is 0.504 e. The Bertz CT molecular complexity index is 1210. The molecule has 29 heavy (non-hydrogen) atoms. The second kappa shape index (κ2) is 7.02. The average molecular weight is 381 g/mol. The second-order valence-electron chi connectivity index (χ2n) is 7.25. The van der Waals surface area contributed by atoms with Crippen molar-refractivity contribution < 1.29 is 9.90 Å². The molecule has 0 aliphatic heterocycles. The van der Waals surface area contributed by atoms with Gasteiger partial charge in [0.15, 0.2) is 11.4 Å². The van der Waals surface area contributed by atoms with Crippen LogP contribution >= 0.6 is 0 Å². The molecule has 0 unspecified atom stereocenters. The molecule has 0 saturated carbocycles. The number of hydrogen-bond donors (Lipinski definition) is 2. The number of rotatable bonds is 3. The number of amides is 1. The Morgan fingerprint density at radius 2 is 1.69 bits per heavy atom. The lowest BCUT2D eigenvalue weighted by molar-refractivity contribution is 0.0928. The molecule has 142 valence electrons. The molecule has 4 aromatic rings. The third kappa shape index (κ3) is 3.01. The Kier molecular flexibility index (Phi) is 4.21. The Morgan fingerprint density at radius 3 is 2.52 bits per heavy atom. The highest BCUT2D eigenvalue weighted by molar-refractivity contribution is 6.00. The van der Waals surface area contributed by atoms with Crippen LogP contribution in [0, 0.1) is 0 Å². The molecular weight excluding hydrogens is 362 g/mol. The highest BCUT2D eigenvalue weighted by atomic mass is 16.3. The average Bonchev–Trinajstić information content (AvgIpc) is 3.13. The molecule has 2 aromatic heterocycles. The lowest BCUT2D eigenvalue weighted by atomic mass is 9.93. The Hall–Kier alpha value is -3.73. The molecule has 0 fully saturated rings. The van der Waals surface area contributed by atoms with Crippen LogP contribution in [0.4, 0.5) is 0 Å². The van der Waals surface area contributed by atoms with E-state index in [0.717, 1.165) is 12.0 Å². The molecular formula is C24H19N3O2. The number of carbonyl (C=O) groups is 1. The van der Waals surface area contributed by atoms with Crippen molar-refractivity contribution >= 4 is 16.8 Å². The number of hydrogen-bond acceptors (Lipinski definition) is 4. The van der Waals surface area contributed by atoms with Gasteiger partial charge in [0.25, 0.3) is 5.91 Å². The van der Waals surface area contributed by atoms with Gasteiger partial charge in [-0.3, -0.25) is 9.78 Å². The van der Waals surface area contributed by atoms with Gasteiger partial charge in [-0.15, -0.1) is 0 Å². The van der Waals surface area contributed by atoms with Gasteiger partial charge >= 0.3 is 0 Å². The van der Waals surface area contributed by atoms with E-state index in [4.69, 9.17) is 0 Å². The van der Waals surface area contributed by atoms with Crippen molar-refractivity contribution in [2.45, 2.75) is 18.4 Å². The zero-order valence-corrected chi connectivity index (χ0v) is 15.6. The third-order valence-electron chi connectivity index (χ3n) is 5.56. The molecule has 1 aliphatic rings. The zero-order valence-electron chi connectivity index (χ0n) is 15.6. The molecule has 5 nitrogen and oxygen atoms in total. The summed E-state index contributed by atoms with van der Waals surface area (Å²) in [6.45, 7) is 0.